The second kappa shape index (κ2) is 5.83. The van der Waals surface area contributed by atoms with Crippen molar-refractivity contribution in [2.75, 3.05) is 37.6 Å². The summed E-state index contributed by atoms with van der Waals surface area (Å²) in [5.74, 6) is -0.803. The van der Waals surface area contributed by atoms with Crippen LogP contribution < -0.4 is 4.90 Å². The van der Waals surface area contributed by atoms with E-state index in [0.717, 1.165) is 43.7 Å². The molecule has 4 heteroatoms. The monoisotopic (exact) mass is 274 g/mol. The molecule has 2 aliphatic heterocycles. The van der Waals surface area contributed by atoms with E-state index < -0.39 is 5.97 Å². The van der Waals surface area contributed by atoms with E-state index in [1.807, 2.05) is 6.07 Å². The van der Waals surface area contributed by atoms with Crippen molar-refractivity contribution in [2.24, 2.45) is 0 Å². The van der Waals surface area contributed by atoms with Gasteiger partial charge < -0.3 is 14.9 Å². The maximum Gasteiger partial charge on any atom is 0.336 e. The first kappa shape index (κ1) is 13.4. The smallest absolute Gasteiger partial charge is 0.336 e. The molecule has 0 unspecified atom stereocenters. The molecule has 1 fully saturated rings. The SMILES string of the molecule is O=C(O)c1cccc2c1CCCN2CCN1CCCC1. The number of fused-ring (bicyclic) bond motifs is 1. The molecule has 2 aliphatic rings. The summed E-state index contributed by atoms with van der Waals surface area (Å²) >= 11 is 0. The summed E-state index contributed by atoms with van der Waals surface area (Å²) in [6, 6.07) is 5.67. The zero-order valence-electron chi connectivity index (χ0n) is 11.8. The van der Waals surface area contributed by atoms with Crippen LogP contribution in [0.2, 0.25) is 0 Å². The summed E-state index contributed by atoms with van der Waals surface area (Å²) < 4.78 is 0. The quantitative estimate of drug-likeness (QED) is 0.914. The third-order valence-electron chi connectivity index (χ3n) is 4.46. The van der Waals surface area contributed by atoms with Crippen LogP contribution in [0.5, 0.6) is 0 Å². The molecule has 0 amide bonds. The fraction of sp³-hybridized carbons (Fsp3) is 0.562. The minimum Gasteiger partial charge on any atom is -0.478 e. The molecule has 1 saturated heterocycles. The van der Waals surface area contributed by atoms with Crippen molar-refractivity contribution in [1.29, 1.82) is 0 Å². The lowest BCUT2D eigenvalue weighted by Crippen LogP contribution is -2.37. The molecule has 108 valence electrons. The highest BCUT2D eigenvalue weighted by Gasteiger charge is 2.22. The number of aromatic carboxylic acids is 1. The number of benzene rings is 1. The molecule has 0 spiro atoms. The molecular formula is C16H22N2O2. The van der Waals surface area contributed by atoms with Crippen LogP contribution >= 0.6 is 0 Å². The Kier molecular flexibility index (Phi) is 3.92. The van der Waals surface area contributed by atoms with Crippen molar-refractivity contribution in [3.63, 3.8) is 0 Å². The Hall–Kier alpha value is -1.55. The van der Waals surface area contributed by atoms with E-state index in [1.165, 1.54) is 25.9 Å². The van der Waals surface area contributed by atoms with Crippen LogP contribution in [0.15, 0.2) is 18.2 Å². The van der Waals surface area contributed by atoms with Gasteiger partial charge in [-0.05, 0) is 56.5 Å². The molecule has 20 heavy (non-hydrogen) atoms. The molecule has 4 nitrogen and oxygen atoms in total. The fourth-order valence-electron chi connectivity index (χ4n) is 3.40. The largest absolute Gasteiger partial charge is 0.478 e. The number of hydrogen-bond acceptors (Lipinski definition) is 3. The molecule has 3 rings (SSSR count). The Bertz CT molecular complexity index is 495. The first-order valence-electron chi connectivity index (χ1n) is 7.58. The van der Waals surface area contributed by atoms with E-state index in [-0.39, 0.29) is 0 Å². The molecule has 1 N–H and O–H groups in total. The number of carboxylic acids is 1. The number of carboxylic acid groups (broad SMARTS) is 1. The van der Waals surface area contributed by atoms with Gasteiger partial charge in [0.25, 0.3) is 0 Å². The van der Waals surface area contributed by atoms with Gasteiger partial charge in [-0.1, -0.05) is 6.07 Å². The van der Waals surface area contributed by atoms with Crippen LogP contribution in [-0.2, 0) is 6.42 Å². The average molecular weight is 274 g/mol. The third kappa shape index (κ3) is 2.66. The van der Waals surface area contributed by atoms with Gasteiger partial charge in [0.05, 0.1) is 5.56 Å². The average Bonchev–Trinajstić information content (AvgIpc) is 2.97. The molecule has 0 atom stereocenters. The van der Waals surface area contributed by atoms with Crippen LogP contribution in [0.4, 0.5) is 5.69 Å². The highest BCUT2D eigenvalue weighted by Crippen LogP contribution is 2.29. The third-order valence-corrected chi connectivity index (χ3v) is 4.46. The van der Waals surface area contributed by atoms with Gasteiger partial charge in [0.2, 0.25) is 0 Å². The predicted octanol–water partition coefficient (Wildman–Crippen LogP) is 2.23. The Labute approximate surface area is 120 Å². The van der Waals surface area contributed by atoms with Crippen molar-refractivity contribution in [3.8, 4) is 0 Å². The van der Waals surface area contributed by atoms with E-state index in [4.69, 9.17) is 0 Å². The van der Waals surface area contributed by atoms with Crippen LogP contribution in [0.1, 0.15) is 35.2 Å². The number of nitrogens with zero attached hydrogens (tertiary/aromatic N) is 2. The Balaban J connectivity index is 1.75. The van der Waals surface area contributed by atoms with Crippen molar-refractivity contribution < 1.29 is 9.90 Å². The molecule has 2 heterocycles. The van der Waals surface area contributed by atoms with Gasteiger partial charge >= 0.3 is 5.97 Å². The summed E-state index contributed by atoms with van der Waals surface area (Å²) in [6.07, 6.45) is 4.58. The van der Waals surface area contributed by atoms with E-state index in [1.54, 1.807) is 6.07 Å². The lowest BCUT2D eigenvalue weighted by Gasteiger charge is -2.33. The van der Waals surface area contributed by atoms with E-state index >= 15 is 0 Å². The Morgan fingerprint density at radius 3 is 2.65 bits per heavy atom. The topological polar surface area (TPSA) is 43.8 Å². The summed E-state index contributed by atoms with van der Waals surface area (Å²) in [7, 11) is 0. The van der Waals surface area contributed by atoms with E-state index in [0.29, 0.717) is 5.56 Å². The molecule has 1 aromatic carbocycles. The summed E-state index contributed by atoms with van der Waals surface area (Å²) in [6.45, 7) is 5.59. The van der Waals surface area contributed by atoms with Gasteiger partial charge in [0.15, 0.2) is 0 Å². The van der Waals surface area contributed by atoms with E-state index in [9.17, 15) is 9.90 Å². The van der Waals surface area contributed by atoms with Crippen molar-refractivity contribution in [1.82, 2.24) is 4.90 Å². The summed E-state index contributed by atoms with van der Waals surface area (Å²) in [4.78, 5) is 16.2. The zero-order chi connectivity index (χ0) is 13.9. The molecule has 0 bridgehead atoms. The van der Waals surface area contributed by atoms with Gasteiger partial charge in [-0.25, -0.2) is 4.79 Å². The first-order valence-corrected chi connectivity index (χ1v) is 7.58. The number of likely N-dealkylation sites (tertiary alicyclic amines) is 1. The number of hydrogen-bond donors (Lipinski definition) is 1. The highest BCUT2D eigenvalue weighted by molar-refractivity contribution is 5.91. The Morgan fingerprint density at radius 2 is 1.90 bits per heavy atom. The second-order valence-electron chi connectivity index (χ2n) is 5.75. The number of carbonyl (C=O) groups is 1. The van der Waals surface area contributed by atoms with E-state index in [2.05, 4.69) is 15.9 Å². The first-order chi connectivity index (χ1) is 9.75. The molecular weight excluding hydrogens is 252 g/mol. The maximum absolute atomic E-state index is 11.3. The van der Waals surface area contributed by atoms with Gasteiger partial charge in [0.1, 0.15) is 0 Å². The van der Waals surface area contributed by atoms with Crippen LogP contribution in [0, 0.1) is 0 Å². The van der Waals surface area contributed by atoms with Crippen molar-refractivity contribution in [3.05, 3.63) is 29.3 Å². The summed E-state index contributed by atoms with van der Waals surface area (Å²) in [5.41, 5.74) is 2.64. The second-order valence-corrected chi connectivity index (χ2v) is 5.75. The molecule has 0 aromatic heterocycles. The lowest BCUT2D eigenvalue weighted by molar-refractivity contribution is 0.0695. The molecule has 0 aliphatic carbocycles. The normalized spacial score (nSPS) is 19.1. The predicted molar refractivity (Wildman–Crippen MR) is 79.6 cm³/mol. The minimum atomic E-state index is -0.803. The minimum absolute atomic E-state index is 0.480. The van der Waals surface area contributed by atoms with Crippen LogP contribution in [0.25, 0.3) is 0 Å². The number of anilines is 1. The fourth-order valence-corrected chi connectivity index (χ4v) is 3.40. The highest BCUT2D eigenvalue weighted by atomic mass is 16.4. The van der Waals surface area contributed by atoms with Gasteiger partial charge in [-0.15, -0.1) is 0 Å². The van der Waals surface area contributed by atoms with Crippen molar-refractivity contribution in [2.45, 2.75) is 25.7 Å². The Morgan fingerprint density at radius 1 is 1.10 bits per heavy atom. The van der Waals surface area contributed by atoms with Crippen molar-refractivity contribution >= 4 is 11.7 Å². The number of rotatable bonds is 4. The van der Waals surface area contributed by atoms with Gasteiger partial charge in [-0.2, -0.15) is 0 Å². The van der Waals surface area contributed by atoms with Gasteiger partial charge in [-0.3, -0.25) is 0 Å². The van der Waals surface area contributed by atoms with Gasteiger partial charge in [0, 0.05) is 25.3 Å². The molecule has 0 saturated carbocycles. The molecule has 0 radical (unpaired) electrons. The van der Waals surface area contributed by atoms with Crippen LogP contribution in [-0.4, -0.2) is 48.7 Å². The standard InChI is InChI=1S/C16H22N2O2/c19-16(20)14-5-3-7-15-13(14)6-4-10-18(15)12-11-17-8-1-2-9-17/h3,5,7H,1-2,4,6,8-12H2,(H,19,20). The lowest BCUT2D eigenvalue weighted by atomic mass is 9.96. The van der Waals surface area contributed by atoms with Crippen LogP contribution in [0.3, 0.4) is 0 Å². The zero-order valence-corrected chi connectivity index (χ0v) is 11.8. The maximum atomic E-state index is 11.3. The molecule has 1 aromatic rings. The summed E-state index contributed by atoms with van der Waals surface area (Å²) in [5, 5.41) is 9.30.